The number of carbonyl (C=O) groups is 2. The van der Waals surface area contributed by atoms with Crippen LogP contribution in [-0.4, -0.2) is 43.7 Å². The lowest BCUT2D eigenvalue weighted by molar-refractivity contribution is -0.122. The van der Waals surface area contributed by atoms with E-state index in [0.29, 0.717) is 31.6 Å². The van der Waals surface area contributed by atoms with E-state index in [9.17, 15) is 18.0 Å². The van der Waals surface area contributed by atoms with Crippen molar-refractivity contribution in [2.24, 2.45) is 0 Å². The Balaban J connectivity index is 2.08. The van der Waals surface area contributed by atoms with Crippen molar-refractivity contribution < 1.29 is 18.0 Å². The van der Waals surface area contributed by atoms with Gasteiger partial charge in [0.1, 0.15) is 6.04 Å². The van der Waals surface area contributed by atoms with Crippen LogP contribution in [0.25, 0.3) is 0 Å². The normalized spacial score (nSPS) is 18.0. The molecule has 1 aromatic carbocycles. The van der Waals surface area contributed by atoms with E-state index < -0.39 is 16.1 Å². The van der Waals surface area contributed by atoms with Crippen LogP contribution in [0.4, 0.5) is 5.69 Å². The Morgan fingerprint density at radius 3 is 2.35 bits per heavy atom. The Bertz CT molecular complexity index is 681. The number of sulfonamides is 1. The third kappa shape index (κ3) is 3.89. The number of hydrogen-bond acceptors (Lipinski definition) is 4. The van der Waals surface area contributed by atoms with Gasteiger partial charge < -0.3 is 10.6 Å². The molecule has 1 aromatic rings. The molecule has 0 radical (unpaired) electrons. The average molecular weight is 339 g/mol. The van der Waals surface area contributed by atoms with Crippen LogP contribution in [0.1, 0.15) is 26.7 Å². The summed E-state index contributed by atoms with van der Waals surface area (Å²) in [6.45, 7) is 4.37. The maximum atomic E-state index is 12.4. The van der Waals surface area contributed by atoms with Crippen LogP contribution in [0.2, 0.25) is 0 Å². The summed E-state index contributed by atoms with van der Waals surface area (Å²) in [6.07, 6.45) is 0.818. The molecule has 1 atom stereocenters. The van der Waals surface area contributed by atoms with Crippen LogP contribution in [0.15, 0.2) is 29.2 Å². The molecule has 23 heavy (non-hydrogen) atoms. The van der Waals surface area contributed by atoms with Crippen molar-refractivity contribution in [3.8, 4) is 0 Å². The highest BCUT2D eigenvalue weighted by molar-refractivity contribution is 7.89. The first-order valence-corrected chi connectivity index (χ1v) is 9.03. The highest BCUT2D eigenvalue weighted by atomic mass is 32.2. The number of rotatable bonds is 6. The van der Waals surface area contributed by atoms with Crippen LogP contribution in [0.3, 0.4) is 0 Å². The van der Waals surface area contributed by atoms with Crippen molar-refractivity contribution >= 4 is 27.5 Å². The topological polar surface area (TPSA) is 95.6 Å². The molecule has 2 amide bonds. The highest BCUT2D eigenvalue weighted by Gasteiger charge is 2.27. The fourth-order valence-corrected chi connectivity index (χ4v) is 3.92. The standard InChI is InChI=1S/C15H21N3O4S/c1-3-18(4-2)23(21,22)12-7-5-11(6-8-12)16-15(20)13-9-10-14(19)17-13/h5-8,13H,3-4,9-10H2,1-2H3,(H,16,20)(H,17,19)/t13-/m0/s1. The summed E-state index contributed by atoms with van der Waals surface area (Å²) in [5, 5.41) is 5.26. The average Bonchev–Trinajstić information content (AvgIpc) is 2.95. The van der Waals surface area contributed by atoms with E-state index in [-0.39, 0.29) is 16.7 Å². The maximum Gasteiger partial charge on any atom is 0.246 e. The molecule has 2 rings (SSSR count). The predicted octanol–water partition coefficient (Wildman–Crippen LogP) is 0.934. The summed E-state index contributed by atoms with van der Waals surface area (Å²) in [4.78, 5) is 23.3. The van der Waals surface area contributed by atoms with Gasteiger partial charge in [0.15, 0.2) is 0 Å². The number of carbonyl (C=O) groups excluding carboxylic acids is 2. The molecular weight excluding hydrogens is 318 g/mol. The van der Waals surface area contributed by atoms with Crippen LogP contribution in [-0.2, 0) is 19.6 Å². The SMILES string of the molecule is CCN(CC)S(=O)(=O)c1ccc(NC(=O)[C@@H]2CCC(=O)N2)cc1. The van der Waals surface area contributed by atoms with E-state index in [4.69, 9.17) is 0 Å². The number of nitrogens with zero attached hydrogens (tertiary/aromatic N) is 1. The Hall–Kier alpha value is -1.93. The minimum absolute atomic E-state index is 0.134. The minimum atomic E-state index is -3.51. The Morgan fingerprint density at radius 1 is 1.26 bits per heavy atom. The summed E-state index contributed by atoms with van der Waals surface area (Å²) in [7, 11) is -3.51. The van der Waals surface area contributed by atoms with Crippen molar-refractivity contribution in [3.05, 3.63) is 24.3 Å². The fourth-order valence-electron chi connectivity index (χ4n) is 2.46. The third-order valence-corrected chi connectivity index (χ3v) is 5.84. The van der Waals surface area contributed by atoms with Crippen molar-refractivity contribution in [2.45, 2.75) is 37.6 Å². The van der Waals surface area contributed by atoms with Gasteiger partial charge in [-0.2, -0.15) is 4.31 Å². The van der Waals surface area contributed by atoms with E-state index in [1.807, 2.05) is 0 Å². The lowest BCUT2D eigenvalue weighted by atomic mass is 10.2. The van der Waals surface area contributed by atoms with Crippen LogP contribution in [0, 0.1) is 0 Å². The first-order valence-electron chi connectivity index (χ1n) is 7.59. The molecule has 1 aliphatic heterocycles. The number of hydrogen-bond donors (Lipinski definition) is 2. The number of amides is 2. The first kappa shape index (κ1) is 17.4. The zero-order valence-electron chi connectivity index (χ0n) is 13.2. The van der Waals surface area contributed by atoms with E-state index in [1.165, 1.54) is 16.4 Å². The Labute approximate surface area is 136 Å². The van der Waals surface area contributed by atoms with Crippen LogP contribution in [0.5, 0.6) is 0 Å². The molecule has 0 saturated carbocycles. The molecule has 126 valence electrons. The predicted molar refractivity (Wildman–Crippen MR) is 86.3 cm³/mol. The summed E-state index contributed by atoms with van der Waals surface area (Å²) in [5.41, 5.74) is 0.495. The van der Waals surface area contributed by atoms with Gasteiger partial charge in [-0.1, -0.05) is 13.8 Å². The second-order valence-electron chi connectivity index (χ2n) is 5.26. The zero-order valence-corrected chi connectivity index (χ0v) is 14.0. The molecule has 7 nitrogen and oxygen atoms in total. The van der Waals surface area contributed by atoms with Crippen molar-refractivity contribution in [3.63, 3.8) is 0 Å². The lowest BCUT2D eigenvalue weighted by Gasteiger charge is -2.18. The second kappa shape index (κ2) is 7.10. The molecule has 0 bridgehead atoms. The van der Waals surface area contributed by atoms with E-state index in [0.717, 1.165) is 0 Å². The summed E-state index contributed by atoms with van der Waals surface area (Å²) >= 11 is 0. The van der Waals surface area contributed by atoms with E-state index in [2.05, 4.69) is 10.6 Å². The van der Waals surface area contributed by atoms with Gasteiger partial charge in [0.25, 0.3) is 0 Å². The number of benzene rings is 1. The zero-order chi connectivity index (χ0) is 17.0. The highest BCUT2D eigenvalue weighted by Crippen LogP contribution is 2.19. The van der Waals surface area contributed by atoms with Crippen LogP contribution >= 0.6 is 0 Å². The number of nitrogens with one attached hydrogen (secondary N) is 2. The number of anilines is 1. The van der Waals surface area contributed by atoms with E-state index >= 15 is 0 Å². The smallest absolute Gasteiger partial charge is 0.246 e. The van der Waals surface area contributed by atoms with Gasteiger partial charge in [0, 0.05) is 25.2 Å². The molecule has 8 heteroatoms. The molecule has 1 heterocycles. The minimum Gasteiger partial charge on any atom is -0.344 e. The summed E-state index contributed by atoms with van der Waals surface area (Å²) in [6, 6.07) is 5.50. The molecule has 1 saturated heterocycles. The summed E-state index contributed by atoms with van der Waals surface area (Å²) in [5.74, 6) is -0.430. The van der Waals surface area contributed by atoms with Gasteiger partial charge in [-0.15, -0.1) is 0 Å². The molecule has 2 N–H and O–H groups in total. The van der Waals surface area contributed by atoms with Crippen molar-refractivity contribution in [1.82, 2.24) is 9.62 Å². The van der Waals surface area contributed by atoms with Crippen molar-refractivity contribution in [1.29, 1.82) is 0 Å². The second-order valence-corrected chi connectivity index (χ2v) is 7.20. The van der Waals surface area contributed by atoms with Gasteiger partial charge in [-0.25, -0.2) is 8.42 Å². The molecule has 1 fully saturated rings. The summed E-state index contributed by atoms with van der Waals surface area (Å²) < 4.78 is 26.1. The third-order valence-electron chi connectivity index (χ3n) is 3.78. The molecule has 0 spiro atoms. The molecule has 0 unspecified atom stereocenters. The quantitative estimate of drug-likeness (QED) is 0.806. The van der Waals surface area contributed by atoms with Gasteiger partial charge >= 0.3 is 0 Å². The van der Waals surface area contributed by atoms with Crippen molar-refractivity contribution in [2.75, 3.05) is 18.4 Å². The van der Waals surface area contributed by atoms with Gasteiger partial charge in [0.2, 0.25) is 21.8 Å². The Kier molecular flexibility index (Phi) is 5.38. The first-order chi connectivity index (χ1) is 10.9. The van der Waals surface area contributed by atoms with Crippen LogP contribution < -0.4 is 10.6 Å². The molecule has 0 aliphatic carbocycles. The van der Waals surface area contributed by atoms with Gasteiger partial charge in [-0.3, -0.25) is 9.59 Å². The maximum absolute atomic E-state index is 12.4. The monoisotopic (exact) mass is 339 g/mol. The largest absolute Gasteiger partial charge is 0.344 e. The van der Waals surface area contributed by atoms with E-state index in [1.54, 1.807) is 26.0 Å². The molecule has 1 aliphatic rings. The Morgan fingerprint density at radius 2 is 1.87 bits per heavy atom. The molecule has 0 aromatic heterocycles. The lowest BCUT2D eigenvalue weighted by Crippen LogP contribution is -2.37. The van der Waals surface area contributed by atoms with Gasteiger partial charge in [0.05, 0.1) is 4.90 Å². The van der Waals surface area contributed by atoms with Gasteiger partial charge in [-0.05, 0) is 30.7 Å². The molecular formula is C15H21N3O4S. The fraction of sp³-hybridized carbons (Fsp3) is 0.467.